The van der Waals surface area contributed by atoms with Crippen molar-refractivity contribution in [3.05, 3.63) is 53.6 Å². The predicted octanol–water partition coefficient (Wildman–Crippen LogP) is 6.11. The summed E-state index contributed by atoms with van der Waals surface area (Å²) in [7, 11) is 0. The normalized spacial score (nSPS) is 8.65. The zero-order valence-corrected chi connectivity index (χ0v) is 12.5. The van der Waals surface area contributed by atoms with Crippen LogP contribution < -0.4 is 0 Å². The van der Waals surface area contributed by atoms with Crippen molar-refractivity contribution in [1.82, 2.24) is 0 Å². The van der Waals surface area contributed by atoms with E-state index < -0.39 is 0 Å². The van der Waals surface area contributed by atoms with E-state index in [2.05, 4.69) is 50.3 Å². The Bertz CT molecular complexity index is 311. The molecule has 0 aliphatic heterocycles. The molecule has 0 amide bonds. The average molecular weight is 232 g/mol. The largest absolute Gasteiger partial charge is 0.0870 e. The Labute approximate surface area is 108 Å². The van der Waals surface area contributed by atoms with Gasteiger partial charge in [-0.25, -0.2) is 0 Å². The number of allylic oxidation sites excluding steroid dienone is 4. The van der Waals surface area contributed by atoms with E-state index in [1.165, 1.54) is 16.7 Å². The molecule has 0 atom stereocenters. The van der Waals surface area contributed by atoms with Gasteiger partial charge in [0.25, 0.3) is 0 Å². The fraction of sp³-hybridized carbons (Fsp3) is 0.412. The highest BCUT2D eigenvalue weighted by Gasteiger charge is 1.97. The van der Waals surface area contributed by atoms with E-state index in [1.54, 1.807) is 0 Å². The molecule has 0 nitrogen and oxygen atoms in total. The van der Waals surface area contributed by atoms with Crippen molar-refractivity contribution >= 4 is 5.57 Å². The third-order valence-corrected chi connectivity index (χ3v) is 1.96. The lowest BCUT2D eigenvalue weighted by atomic mass is 10.0. The van der Waals surface area contributed by atoms with Crippen molar-refractivity contribution < 1.29 is 0 Å². The first-order chi connectivity index (χ1) is 8.25. The zero-order chi connectivity index (χ0) is 13.7. The molecule has 0 heteroatoms. The summed E-state index contributed by atoms with van der Waals surface area (Å²) >= 11 is 0. The molecule has 0 aliphatic rings. The summed E-state index contributed by atoms with van der Waals surface area (Å²) in [6.45, 7) is 14.3. The molecule has 17 heavy (non-hydrogen) atoms. The minimum Gasteiger partial charge on any atom is -0.0870 e. The molecule has 0 N–H and O–H groups in total. The van der Waals surface area contributed by atoms with Gasteiger partial charge in [-0.3, -0.25) is 0 Å². The van der Waals surface area contributed by atoms with Gasteiger partial charge in [0.2, 0.25) is 0 Å². The second-order valence-electron chi connectivity index (χ2n) is 3.28. The maximum atomic E-state index is 2.16. The SMILES string of the molecule is C/C=C\C(=C(C)C)c1ccccc1.CC.CC. The molecule has 96 valence electrons. The summed E-state index contributed by atoms with van der Waals surface area (Å²) in [4.78, 5) is 0. The lowest BCUT2D eigenvalue weighted by molar-refractivity contribution is 1.39. The van der Waals surface area contributed by atoms with Crippen LogP contribution in [0.15, 0.2) is 48.1 Å². The molecule has 0 fully saturated rings. The van der Waals surface area contributed by atoms with Gasteiger partial charge in [0.15, 0.2) is 0 Å². The first-order valence-electron chi connectivity index (χ1n) is 6.61. The lowest BCUT2D eigenvalue weighted by Gasteiger charge is -2.04. The average Bonchev–Trinajstić information content (AvgIpc) is 2.41. The van der Waals surface area contributed by atoms with Crippen LogP contribution >= 0.6 is 0 Å². The van der Waals surface area contributed by atoms with Crippen LogP contribution in [0.4, 0.5) is 0 Å². The smallest absolute Gasteiger partial charge is 0.0185 e. The molecule has 0 bridgehead atoms. The fourth-order valence-electron chi connectivity index (χ4n) is 1.34. The Morgan fingerprint density at radius 2 is 1.35 bits per heavy atom. The van der Waals surface area contributed by atoms with E-state index in [9.17, 15) is 0 Å². The van der Waals surface area contributed by atoms with Gasteiger partial charge in [0.1, 0.15) is 0 Å². The van der Waals surface area contributed by atoms with Crippen LogP contribution in [0.1, 0.15) is 54.0 Å². The van der Waals surface area contributed by atoms with Crippen LogP contribution in [0.5, 0.6) is 0 Å². The second-order valence-corrected chi connectivity index (χ2v) is 3.28. The highest BCUT2D eigenvalue weighted by atomic mass is 14.0. The number of benzene rings is 1. The summed E-state index contributed by atoms with van der Waals surface area (Å²) in [6, 6.07) is 10.5. The first kappa shape index (κ1) is 18.1. The molecular formula is C17H28. The van der Waals surface area contributed by atoms with Crippen LogP contribution in [0.2, 0.25) is 0 Å². The Hall–Kier alpha value is -1.30. The molecule has 0 aliphatic carbocycles. The van der Waals surface area contributed by atoms with Gasteiger partial charge in [0, 0.05) is 0 Å². The Morgan fingerprint density at radius 3 is 1.71 bits per heavy atom. The van der Waals surface area contributed by atoms with Gasteiger partial charge in [0.05, 0.1) is 0 Å². The van der Waals surface area contributed by atoms with Crippen molar-refractivity contribution in [3.8, 4) is 0 Å². The summed E-state index contributed by atoms with van der Waals surface area (Å²) in [6.07, 6.45) is 4.24. The number of rotatable bonds is 2. The van der Waals surface area contributed by atoms with E-state index in [0.717, 1.165) is 0 Å². The van der Waals surface area contributed by atoms with Gasteiger partial charge in [-0.05, 0) is 31.9 Å². The fourth-order valence-corrected chi connectivity index (χ4v) is 1.34. The maximum absolute atomic E-state index is 2.16. The van der Waals surface area contributed by atoms with Crippen molar-refractivity contribution in [2.24, 2.45) is 0 Å². The molecule has 0 radical (unpaired) electrons. The molecule has 0 saturated heterocycles. The molecule has 0 saturated carbocycles. The molecule has 0 unspecified atom stereocenters. The van der Waals surface area contributed by atoms with Crippen molar-refractivity contribution in [1.29, 1.82) is 0 Å². The van der Waals surface area contributed by atoms with Gasteiger partial charge in [-0.15, -0.1) is 0 Å². The van der Waals surface area contributed by atoms with Crippen LogP contribution in [-0.2, 0) is 0 Å². The van der Waals surface area contributed by atoms with E-state index in [1.807, 2.05) is 40.7 Å². The Balaban J connectivity index is 0. The van der Waals surface area contributed by atoms with Crippen LogP contribution in [-0.4, -0.2) is 0 Å². The summed E-state index contributed by atoms with van der Waals surface area (Å²) in [5, 5.41) is 0. The van der Waals surface area contributed by atoms with Crippen LogP contribution in [0.25, 0.3) is 5.57 Å². The van der Waals surface area contributed by atoms with Crippen molar-refractivity contribution in [3.63, 3.8) is 0 Å². The van der Waals surface area contributed by atoms with Gasteiger partial charge >= 0.3 is 0 Å². The highest BCUT2D eigenvalue weighted by molar-refractivity contribution is 5.75. The highest BCUT2D eigenvalue weighted by Crippen LogP contribution is 2.19. The molecule has 0 spiro atoms. The molecule has 0 heterocycles. The third-order valence-electron chi connectivity index (χ3n) is 1.96. The van der Waals surface area contributed by atoms with E-state index in [4.69, 9.17) is 0 Å². The Kier molecular flexibility index (Phi) is 13.6. The third kappa shape index (κ3) is 7.57. The maximum Gasteiger partial charge on any atom is -0.0185 e. The summed E-state index contributed by atoms with van der Waals surface area (Å²) < 4.78 is 0. The zero-order valence-electron chi connectivity index (χ0n) is 12.5. The van der Waals surface area contributed by atoms with E-state index in [-0.39, 0.29) is 0 Å². The molecule has 1 rings (SSSR count). The van der Waals surface area contributed by atoms with Gasteiger partial charge in [-0.1, -0.05) is 75.8 Å². The second kappa shape index (κ2) is 12.8. The first-order valence-corrected chi connectivity index (χ1v) is 6.61. The topological polar surface area (TPSA) is 0 Å². The molecular weight excluding hydrogens is 204 g/mol. The summed E-state index contributed by atoms with van der Waals surface area (Å²) in [5.74, 6) is 0. The Morgan fingerprint density at radius 1 is 0.882 bits per heavy atom. The molecule has 1 aromatic rings. The number of hydrogen-bond acceptors (Lipinski definition) is 0. The van der Waals surface area contributed by atoms with Gasteiger partial charge in [-0.2, -0.15) is 0 Å². The quantitative estimate of drug-likeness (QED) is 0.540. The van der Waals surface area contributed by atoms with Crippen molar-refractivity contribution in [2.45, 2.75) is 48.5 Å². The van der Waals surface area contributed by atoms with Crippen LogP contribution in [0, 0.1) is 0 Å². The van der Waals surface area contributed by atoms with E-state index >= 15 is 0 Å². The van der Waals surface area contributed by atoms with Crippen LogP contribution in [0.3, 0.4) is 0 Å². The van der Waals surface area contributed by atoms with Crippen molar-refractivity contribution in [2.75, 3.05) is 0 Å². The van der Waals surface area contributed by atoms with Gasteiger partial charge < -0.3 is 0 Å². The molecule has 0 aromatic heterocycles. The minimum atomic E-state index is 1.29. The summed E-state index contributed by atoms with van der Waals surface area (Å²) in [5.41, 5.74) is 3.97. The molecule has 1 aromatic carbocycles. The van der Waals surface area contributed by atoms with E-state index in [0.29, 0.717) is 0 Å². The monoisotopic (exact) mass is 232 g/mol. The predicted molar refractivity (Wildman–Crippen MR) is 82.2 cm³/mol. The lowest BCUT2D eigenvalue weighted by Crippen LogP contribution is -1.82. The standard InChI is InChI=1S/C13H16.2C2H6/c1-4-8-13(11(2)3)12-9-6-5-7-10-12;2*1-2/h4-10H,1-3H3;2*1-2H3/b8-4-;;. The minimum absolute atomic E-state index is 1.29. The number of hydrogen-bond donors (Lipinski definition) is 0.